The number of nitrogens with zero attached hydrogens (tertiary/aromatic N) is 5. The summed E-state index contributed by atoms with van der Waals surface area (Å²) in [5.74, 6) is 1.19. The molecule has 4 rings (SSSR count). The lowest BCUT2D eigenvalue weighted by Crippen LogP contribution is -2.36. The van der Waals surface area contributed by atoms with Crippen molar-refractivity contribution >= 4 is 5.91 Å². The van der Waals surface area contributed by atoms with Crippen LogP contribution in [0.5, 0.6) is 0 Å². The van der Waals surface area contributed by atoms with Gasteiger partial charge in [0.25, 0.3) is 0 Å². The lowest BCUT2D eigenvalue weighted by Gasteiger charge is -2.26. The topological polar surface area (TPSA) is 63.9 Å². The maximum Gasteiger partial charge on any atom is 0.226 e. The van der Waals surface area contributed by atoms with E-state index < -0.39 is 0 Å². The molecule has 0 N–H and O–H groups in total. The highest BCUT2D eigenvalue weighted by Gasteiger charge is 2.32. The minimum absolute atomic E-state index is 0.0325. The summed E-state index contributed by atoms with van der Waals surface area (Å²) in [7, 11) is 0. The molecule has 6 heteroatoms. The van der Waals surface area contributed by atoms with E-state index in [0.717, 1.165) is 24.5 Å². The van der Waals surface area contributed by atoms with E-state index >= 15 is 0 Å². The van der Waals surface area contributed by atoms with Crippen LogP contribution in [0.4, 0.5) is 0 Å². The largest absolute Gasteiger partial charge is 0.334 e. The fourth-order valence-corrected chi connectivity index (χ4v) is 3.26. The van der Waals surface area contributed by atoms with Crippen LogP contribution in [0.1, 0.15) is 29.1 Å². The Morgan fingerprint density at radius 2 is 2.14 bits per heavy atom. The molecule has 108 valence electrons. The van der Waals surface area contributed by atoms with Crippen LogP contribution >= 0.6 is 0 Å². The second-order valence-corrected chi connectivity index (χ2v) is 5.88. The molecule has 1 unspecified atom stereocenters. The standard InChI is InChI=1S/C15H17N5O/c1-10-4-12-7-19(8-13(12)6-16-10)15(21)11-2-3-20-14(5-11)17-9-18-20/h4,6,9,11H,2-3,5,7-8H2,1H3. The fraction of sp³-hybridized carbons (Fsp3) is 0.467. The van der Waals surface area contributed by atoms with E-state index in [4.69, 9.17) is 0 Å². The highest BCUT2D eigenvalue weighted by molar-refractivity contribution is 5.79. The van der Waals surface area contributed by atoms with Crippen LogP contribution in [0.3, 0.4) is 0 Å². The van der Waals surface area contributed by atoms with Crippen molar-refractivity contribution in [3.63, 3.8) is 0 Å². The number of rotatable bonds is 1. The average Bonchev–Trinajstić information content (AvgIpc) is 3.11. The van der Waals surface area contributed by atoms with Crippen LogP contribution in [0, 0.1) is 12.8 Å². The van der Waals surface area contributed by atoms with Gasteiger partial charge in [0.2, 0.25) is 5.91 Å². The Morgan fingerprint density at radius 3 is 3.05 bits per heavy atom. The van der Waals surface area contributed by atoms with E-state index in [2.05, 4.69) is 21.1 Å². The van der Waals surface area contributed by atoms with Gasteiger partial charge in [0.1, 0.15) is 12.2 Å². The minimum atomic E-state index is 0.0325. The second kappa shape index (κ2) is 4.65. The smallest absolute Gasteiger partial charge is 0.226 e. The van der Waals surface area contributed by atoms with Gasteiger partial charge in [-0.1, -0.05) is 0 Å². The Balaban J connectivity index is 1.50. The van der Waals surface area contributed by atoms with Crippen molar-refractivity contribution in [1.29, 1.82) is 0 Å². The zero-order valence-corrected chi connectivity index (χ0v) is 12.0. The molecule has 2 aromatic rings. The molecule has 0 bridgehead atoms. The van der Waals surface area contributed by atoms with Crippen molar-refractivity contribution in [2.75, 3.05) is 0 Å². The second-order valence-electron chi connectivity index (χ2n) is 5.88. The molecule has 2 aromatic heterocycles. The molecule has 0 fully saturated rings. The Kier molecular flexibility index (Phi) is 2.77. The molecular formula is C15H17N5O. The zero-order valence-electron chi connectivity index (χ0n) is 12.0. The summed E-state index contributed by atoms with van der Waals surface area (Å²) >= 11 is 0. The van der Waals surface area contributed by atoms with Gasteiger partial charge in [-0.15, -0.1) is 0 Å². The van der Waals surface area contributed by atoms with Gasteiger partial charge in [-0.2, -0.15) is 5.10 Å². The summed E-state index contributed by atoms with van der Waals surface area (Å²) in [6.07, 6.45) is 5.01. The molecule has 4 heterocycles. The lowest BCUT2D eigenvalue weighted by atomic mass is 9.96. The van der Waals surface area contributed by atoms with E-state index in [-0.39, 0.29) is 11.8 Å². The van der Waals surface area contributed by atoms with Crippen molar-refractivity contribution in [2.45, 2.75) is 39.4 Å². The molecule has 1 atom stereocenters. The van der Waals surface area contributed by atoms with Gasteiger partial charge in [-0.25, -0.2) is 4.98 Å². The number of carbonyl (C=O) groups is 1. The number of hydrogen-bond donors (Lipinski definition) is 0. The third-order valence-corrected chi connectivity index (χ3v) is 4.42. The Bertz CT molecular complexity index is 708. The fourth-order valence-electron chi connectivity index (χ4n) is 3.26. The quantitative estimate of drug-likeness (QED) is 0.786. The van der Waals surface area contributed by atoms with Gasteiger partial charge in [0.15, 0.2) is 0 Å². The van der Waals surface area contributed by atoms with E-state index in [9.17, 15) is 4.79 Å². The van der Waals surface area contributed by atoms with Gasteiger partial charge in [0, 0.05) is 43.9 Å². The average molecular weight is 283 g/mol. The van der Waals surface area contributed by atoms with Crippen molar-refractivity contribution in [3.05, 3.63) is 41.2 Å². The van der Waals surface area contributed by atoms with Crippen LogP contribution in [0.25, 0.3) is 0 Å². The molecular weight excluding hydrogens is 266 g/mol. The minimum Gasteiger partial charge on any atom is -0.334 e. The van der Waals surface area contributed by atoms with Crippen LogP contribution in [-0.2, 0) is 30.8 Å². The molecule has 2 aliphatic rings. The van der Waals surface area contributed by atoms with Crippen LogP contribution in [0.2, 0.25) is 0 Å². The summed E-state index contributed by atoms with van der Waals surface area (Å²) in [5, 5.41) is 4.16. The zero-order chi connectivity index (χ0) is 14.4. The van der Waals surface area contributed by atoms with Crippen molar-refractivity contribution < 1.29 is 4.79 Å². The first kappa shape index (κ1) is 12.5. The van der Waals surface area contributed by atoms with E-state index in [1.807, 2.05) is 22.7 Å². The van der Waals surface area contributed by atoms with E-state index in [1.165, 1.54) is 11.1 Å². The number of aromatic nitrogens is 4. The van der Waals surface area contributed by atoms with E-state index in [1.54, 1.807) is 6.33 Å². The summed E-state index contributed by atoms with van der Waals surface area (Å²) in [6, 6.07) is 2.08. The summed E-state index contributed by atoms with van der Waals surface area (Å²) < 4.78 is 1.90. The molecule has 0 aliphatic carbocycles. The summed E-state index contributed by atoms with van der Waals surface area (Å²) in [6.45, 7) is 4.16. The Labute approximate surface area is 122 Å². The van der Waals surface area contributed by atoms with Crippen molar-refractivity contribution in [1.82, 2.24) is 24.6 Å². The summed E-state index contributed by atoms with van der Waals surface area (Å²) in [5.41, 5.74) is 3.41. The highest BCUT2D eigenvalue weighted by Crippen LogP contribution is 2.27. The number of aryl methyl sites for hydroxylation is 2. The van der Waals surface area contributed by atoms with Gasteiger partial charge in [-0.3, -0.25) is 14.5 Å². The van der Waals surface area contributed by atoms with Crippen LogP contribution in [-0.4, -0.2) is 30.6 Å². The van der Waals surface area contributed by atoms with Gasteiger partial charge in [0.05, 0.1) is 0 Å². The predicted molar refractivity (Wildman–Crippen MR) is 75.1 cm³/mol. The number of pyridine rings is 1. The van der Waals surface area contributed by atoms with Crippen LogP contribution in [0.15, 0.2) is 18.6 Å². The Hall–Kier alpha value is -2.24. The SMILES string of the molecule is Cc1cc2c(cn1)CN(C(=O)C1CCn3ncnc3C1)C2. The molecule has 6 nitrogen and oxygen atoms in total. The third-order valence-electron chi connectivity index (χ3n) is 4.42. The number of fused-ring (bicyclic) bond motifs is 2. The third kappa shape index (κ3) is 2.11. The van der Waals surface area contributed by atoms with E-state index in [0.29, 0.717) is 19.5 Å². The Morgan fingerprint density at radius 1 is 1.29 bits per heavy atom. The molecule has 2 aliphatic heterocycles. The summed E-state index contributed by atoms with van der Waals surface area (Å²) in [4.78, 5) is 23.2. The molecule has 0 saturated heterocycles. The normalized spacial score (nSPS) is 20.2. The van der Waals surface area contributed by atoms with Gasteiger partial charge in [-0.05, 0) is 30.5 Å². The van der Waals surface area contributed by atoms with Gasteiger partial charge >= 0.3 is 0 Å². The van der Waals surface area contributed by atoms with Crippen molar-refractivity contribution in [3.8, 4) is 0 Å². The van der Waals surface area contributed by atoms with Crippen LogP contribution < -0.4 is 0 Å². The molecule has 21 heavy (non-hydrogen) atoms. The maximum absolute atomic E-state index is 12.7. The molecule has 0 aromatic carbocycles. The first-order chi connectivity index (χ1) is 10.2. The molecule has 0 saturated carbocycles. The maximum atomic E-state index is 12.7. The van der Waals surface area contributed by atoms with Crippen molar-refractivity contribution in [2.24, 2.45) is 5.92 Å². The molecule has 0 spiro atoms. The molecule has 1 amide bonds. The number of carbonyl (C=O) groups excluding carboxylic acids is 1. The number of hydrogen-bond acceptors (Lipinski definition) is 4. The van der Waals surface area contributed by atoms with Gasteiger partial charge < -0.3 is 4.90 Å². The lowest BCUT2D eigenvalue weighted by molar-refractivity contribution is -0.136. The molecule has 0 radical (unpaired) electrons. The predicted octanol–water partition coefficient (Wildman–Crippen LogP) is 1.09. The highest BCUT2D eigenvalue weighted by atomic mass is 16.2. The number of amides is 1. The first-order valence-corrected chi connectivity index (χ1v) is 7.30. The first-order valence-electron chi connectivity index (χ1n) is 7.30. The monoisotopic (exact) mass is 283 g/mol.